The van der Waals surface area contributed by atoms with Gasteiger partial charge in [-0.25, -0.2) is 0 Å². The van der Waals surface area contributed by atoms with Crippen molar-refractivity contribution in [2.24, 2.45) is 0 Å². The minimum absolute atomic E-state index is 0.181. The van der Waals surface area contributed by atoms with E-state index in [2.05, 4.69) is 64.2 Å². The molecule has 1 aromatic carbocycles. The Labute approximate surface area is 118 Å². The molecule has 0 aromatic heterocycles. The van der Waals surface area contributed by atoms with Crippen molar-refractivity contribution in [3.63, 3.8) is 0 Å². The normalized spacial score (nSPS) is 15.8. The van der Waals surface area contributed by atoms with Gasteiger partial charge in [-0.2, -0.15) is 0 Å². The first kappa shape index (κ1) is 16.0. The van der Waals surface area contributed by atoms with Crippen LogP contribution in [0.1, 0.15) is 58.9 Å². The van der Waals surface area contributed by atoms with Crippen LogP contribution in [-0.4, -0.2) is 18.7 Å². The molecule has 0 aliphatic rings. The second-order valence-electron chi connectivity index (χ2n) is 5.44. The SMILES string of the molecule is CCCNC(C)C(C)Oc1ccc(C(C)CC)cc1. The minimum atomic E-state index is 0.181. The Kier molecular flexibility index (Phi) is 6.93. The quantitative estimate of drug-likeness (QED) is 0.752. The lowest BCUT2D eigenvalue weighted by atomic mass is 9.99. The molecule has 0 aliphatic heterocycles. The maximum absolute atomic E-state index is 5.98. The molecule has 0 heterocycles. The first-order valence-corrected chi connectivity index (χ1v) is 7.58. The minimum Gasteiger partial charge on any atom is -0.489 e. The van der Waals surface area contributed by atoms with E-state index in [1.54, 1.807) is 0 Å². The van der Waals surface area contributed by atoms with Crippen LogP contribution in [0.25, 0.3) is 0 Å². The number of ether oxygens (including phenoxy) is 1. The van der Waals surface area contributed by atoms with Crippen LogP contribution in [0.3, 0.4) is 0 Å². The monoisotopic (exact) mass is 263 g/mol. The molecule has 19 heavy (non-hydrogen) atoms. The van der Waals surface area contributed by atoms with Crippen molar-refractivity contribution in [2.45, 2.75) is 65.5 Å². The first-order chi connectivity index (χ1) is 9.08. The summed E-state index contributed by atoms with van der Waals surface area (Å²) in [5, 5.41) is 3.47. The van der Waals surface area contributed by atoms with Crippen LogP contribution in [0, 0.1) is 0 Å². The topological polar surface area (TPSA) is 21.3 Å². The van der Waals surface area contributed by atoms with Gasteiger partial charge in [0.05, 0.1) is 0 Å². The molecule has 3 atom stereocenters. The summed E-state index contributed by atoms with van der Waals surface area (Å²) in [6, 6.07) is 8.91. The highest BCUT2D eigenvalue weighted by Gasteiger charge is 2.13. The van der Waals surface area contributed by atoms with Gasteiger partial charge in [0.25, 0.3) is 0 Å². The first-order valence-electron chi connectivity index (χ1n) is 7.58. The smallest absolute Gasteiger partial charge is 0.119 e. The molecule has 0 saturated heterocycles. The molecule has 0 fully saturated rings. The van der Waals surface area contributed by atoms with Gasteiger partial charge in [0, 0.05) is 6.04 Å². The highest BCUT2D eigenvalue weighted by Crippen LogP contribution is 2.22. The molecular weight excluding hydrogens is 234 g/mol. The van der Waals surface area contributed by atoms with Gasteiger partial charge in [-0.15, -0.1) is 0 Å². The van der Waals surface area contributed by atoms with E-state index < -0.39 is 0 Å². The van der Waals surface area contributed by atoms with Gasteiger partial charge in [-0.3, -0.25) is 0 Å². The summed E-state index contributed by atoms with van der Waals surface area (Å²) >= 11 is 0. The summed E-state index contributed by atoms with van der Waals surface area (Å²) in [4.78, 5) is 0. The van der Waals surface area contributed by atoms with Crippen LogP contribution in [0.4, 0.5) is 0 Å². The van der Waals surface area contributed by atoms with Gasteiger partial charge < -0.3 is 10.1 Å². The molecule has 2 nitrogen and oxygen atoms in total. The van der Waals surface area contributed by atoms with Gasteiger partial charge in [-0.1, -0.05) is 32.9 Å². The lowest BCUT2D eigenvalue weighted by molar-refractivity contribution is 0.178. The van der Waals surface area contributed by atoms with Crippen molar-refractivity contribution in [1.29, 1.82) is 0 Å². The Bertz CT molecular complexity index is 347. The molecule has 3 unspecified atom stereocenters. The predicted molar refractivity (Wildman–Crippen MR) is 83.0 cm³/mol. The molecule has 0 radical (unpaired) electrons. The third-order valence-electron chi connectivity index (χ3n) is 3.80. The third-order valence-corrected chi connectivity index (χ3v) is 3.80. The van der Waals surface area contributed by atoms with Gasteiger partial charge in [0.1, 0.15) is 11.9 Å². The van der Waals surface area contributed by atoms with Gasteiger partial charge in [0.15, 0.2) is 0 Å². The average Bonchev–Trinajstić information content (AvgIpc) is 2.44. The summed E-state index contributed by atoms with van der Waals surface area (Å²) in [5.74, 6) is 1.58. The fourth-order valence-electron chi connectivity index (χ4n) is 1.97. The standard InChI is InChI=1S/C17H29NO/c1-6-12-18-14(4)15(5)19-17-10-8-16(9-11-17)13(3)7-2/h8-11,13-15,18H,6-7,12H2,1-5H3. The van der Waals surface area contributed by atoms with Crippen molar-refractivity contribution >= 4 is 0 Å². The fourth-order valence-corrected chi connectivity index (χ4v) is 1.97. The van der Waals surface area contributed by atoms with Crippen LogP contribution in [-0.2, 0) is 0 Å². The maximum atomic E-state index is 5.98. The average molecular weight is 263 g/mol. The van der Waals surface area contributed by atoms with Crippen LogP contribution in [0.15, 0.2) is 24.3 Å². The van der Waals surface area contributed by atoms with E-state index in [9.17, 15) is 0 Å². The van der Waals surface area contributed by atoms with Crippen molar-refractivity contribution in [2.75, 3.05) is 6.54 Å². The second kappa shape index (κ2) is 8.21. The highest BCUT2D eigenvalue weighted by atomic mass is 16.5. The lowest BCUT2D eigenvalue weighted by Crippen LogP contribution is -2.39. The molecule has 2 heteroatoms. The summed E-state index contributed by atoms with van der Waals surface area (Å²) < 4.78 is 5.98. The molecule has 108 valence electrons. The zero-order valence-electron chi connectivity index (χ0n) is 13.1. The number of hydrogen-bond acceptors (Lipinski definition) is 2. The Morgan fingerprint density at radius 3 is 2.21 bits per heavy atom. The molecular formula is C17H29NO. The molecule has 1 aromatic rings. The van der Waals surface area contributed by atoms with Crippen LogP contribution < -0.4 is 10.1 Å². The molecule has 1 rings (SSSR count). The number of benzene rings is 1. The molecule has 1 N–H and O–H groups in total. The van der Waals surface area contributed by atoms with E-state index in [0.717, 1.165) is 18.7 Å². The fraction of sp³-hybridized carbons (Fsp3) is 0.647. The molecule has 0 bridgehead atoms. The molecule has 0 saturated carbocycles. The summed E-state index contributed by atoms with van der Waals surface area (Å²) in [6.07, 6.45) is 2.51. The zero-order chi connectivity index (χ0) is 14.3. The van der Waals surface area contributed by atoms with E-state index in [1.165, 1.54) is 12.0 Å². The second-order valence-corrected chi connectivity index (χ2v) is 5.44. The third kappa shape index (κ3) is 5.23. The Morgan fingerprint density at radius 1 is 1.05 bits per heavy atom. The predicted octanol–water partition coefficient (Wildman–Crippen LogP) is 4.36. The van der Waals surface area contributed by atoms with Crippen molar-refractivity contribution in [1.82, 2.24) is 5.32 Å². The Balaban J connectivity index is 2.52. The Morgan fingerprint density at radius 2 is 1.68 bits per heavy atom. The van der Waals surface area contributed by atoms with Crippen LogP contribution in [0.5, 0.6) is 5.75 Å². The molecule has 0 amide bonds. The zero-order valence-corrected chi connectivity index (χ0v) is 13.1. The summed E-state index contributed by atoms with van der Waals surface area (Å²) in [7, 11) is 0. The number of hydrogen-bond donors (Lipinski definition) is 1. The van der Waals surface area contributed by atoms with Gasteiger partial charge in [-0.05, 0) is 56.8 Å². The largest absolute Gasteiger partial charge is 0.489 e. The van der Waals surface area contributed by atoms with Crippen molar-refractivity contribution in [3.05, 3.63) is 29.8 Å². The lowest BCUT2D eigenvalue weighted by Gasteiger charge is -2.23. The highest BCUT2D eigenvalue weighted by molar-refractivity contribution is 5.29. The van der Waals surface area contributed by atoms with Gasteiger partial charge >= 0.3 is 0 Å². The molecule has 0 aliphatic carbocycles. The van der Waals surface area contributed by atoms with E-state index in [-0.39, 0.29) is 6.10 Å². The van der Waals surface area contributed by atoms with Crippen molar-refractivity contribution in [3.8, 4) is 5.75 Å². The van der Waals surface area contributed by atoms with Gasteiger partial charge in [0.2, 0.25) is 0 Å². The number of nitrogens with one attached hydrogen (secondary N) is 1. The molecule has 0 spiro atoms. The summed E-state index contributed by atoms with van der Waals surface area (Å²) in [6.45, 7) is 12.0. The van der Waals surface area contributed by atoms with E-state index >= 15 is 0 Å². The summed E-state index contributed by atoms with van der Waals surface area (Å²) in [5.41, 5.74) is 1.39. The van der Waals surface area contributed by atoms with Crippen LogP contribution >= 0.6 is 0 Å². The van der Waals surface area contributed by atoms with E-state index in [4.69, 9.17) is 4.74 Å². The van der Waals surface area contributed by atoms with Crippen LogP contribution in [0.2, 0.25) is 0 Å². The maximum Gasteiger partial charge on any atom is 0.119 e. The number of rotatable bonds is 8. The van der Waals surface area contributed by atoms with E-state index in [1.807, 2.05) is 0 Å². The Hall–Kier alpha value is -1.02. The van der Waals surface area contributed by atoms with E-state index in [0.29, 0.717) is 12.0 Å². The van der Waals surface area contributed by atoms with Crippen molar-refractivity contribution < 1.29 is 4.74 Å².